The van der Waals surface area contributed by atoms with Crippen LogP contribution in [0.1, 0.15) is 29.6 Å². The van der Waals surface area contributed by atoms with E-state index in [1.54, 1.807) is 12.3 Å². The third kappa shape index (κ3) is 2.22. The van der Waals surface area contributed by atoms with Crippen molar-refractivity contribution in [3.05, 3.63) is 70.1 Å². The van der Waals surface area contributed by atoms with E-state index in [-0.39, 0.29) is 22.6 Å². The van der Waals surface area contributed by atoms with Crippen LogP contribution in [0.15, 0.2) is 48.7 Å². The number of pyridine rings is 1. The van der Waals surface area contributed by atoms with E-state index in [9.17, 15) is 10.1 Å². The van der Waals surface area contributed by atoms with Gasteiger partial charge in [-0.3, -0.25) is 15.1 Å². The van der Waals surface area contributed by atoms with Crippen molar-refractivity contribution in [3.63, 3.8) is 0 Å². The molecule has 3 atom stereocenters. The fourth-order valence-electron chi connectivity index (χ4n) is 3.77. The number of allylic oxidation sites excluding steroid dienone is 2. The summed E-state index contributed by atoms with van der Waals surface area (Å²) < 4.78 is 5.42. The van der Waals surface area contributed by atoms with Gasteiger partial charge in [-0.25, -0.2) is 0 Å². The molecule has 24 heavy (non-hydrogen) atoms. The molecule has 6 nitrogen and oxygen atoms in total. The highest BCUT2D eigenvalue weighted by atomic mass is 16.6. The van der Waals surface area contributed by atoms with E-state index in [0.29, 0.717) is 11.7 Å². The molecule has 1 aliphatic heterocycles. The maximum atomic E-state index is 11.2. The van der Waals surface area contributed by atoms with Crippen LogP contribution < -0.4 is 10.1 Å². The standard InChI is InChI=1S/C18H17N3O3/c1-24-16-10-11(21(22)23)9-14-12-5-4-6-13(12)17(20-18(14)16)15-7-2-3-8-19-15/h2-5,7-10,12-13,17,20H,6H2,1H3/t12-,13+,17+/m0/s1. The van der Waals surface area contributed by atoms with Crippen molar-refractivity contribution in [2.75, 3.05) is 12.4 Å². The van der Waals surface area contributed by atoms with E-state index >= 15 is 0 Å². The summed E-state index contributed by atoms with van der Waals surface area (Å²) in [4.78, 5) is 15.4. The number of hydrogen-bond donors (Lipinski definition) is 1. The summed E-state index contributed by atoms with van der Waals surface area (Å²) in [6, 6.07) is 9.07. The summed E-state index contributed by atoms with van der Waals surface area (Å²) >= 11 is 0. The van der Waals surface area contributed by atoms with Crippen LogP contribution >= 0.6 is 0 Å². The van der Waals surface area contributed by atoms with Crippen LogP contribution in [0.2, 0.25) is 0 Å². The molecule has 0 unspecified atom stereocenters. The number of anilines is 1. The number of hydrogen-bond acceptors (Lipinski definition) is 5. The quantitative estimate of drug-likeness (QED) is 0.528. The monoisotopic (exact) mass is 323 g/mol. The number of ether oxygens (including phenoxy) is 1. The number of methoxy groups -OCH3 is 1. The van der Waals surface area contributed by atoms with E-state index < -0.39 is 0 Å². The zero-order chi connectivity index (χ0) is 16.7. The van der Waals surface area contributed by atoms with Crippen molar-refractivity contribution < 1.29 is 9.66 Å². The first-order valence-corrected chi connectivity index (χ1v) is 7.89. The maximum absolute atomic E-state index is 11.2. The summed E-state index contributed by atoms with van der Waals surface area (Å²) in [7, 11) is 1.54. The smallest absolute Gasteiger partial charge is 0.273 e. The number of nitro benzene ring substituents is 1. The van der Waals surface area contributed by atoms with Crippen molar-refractivity contribution in [1.29, 1.82) is 0 Å². The summed E-state index contributed by atoms with van der Waals surface area (Å²) in [5, 5.41) is 14.8. The molecule has 1 aromatic carbocycles. The number of nitro groups is 1. The highest BCUT2D eigenvalue weighted by Gasteiger charge is 2.40. The largest absolute Gasteiger partial charge is 0.494 e. The lowest BCUT2D eigenvalue weighted by molar-refractivity contribution is -0.385. The lowest BCUT2D eigenvalue weighted by Crippen LogP contribution is -2.30. The number of nitrogens with one attached hydrogen (secondary N) is 1. The van der Waals surface area contributed by atoms with E-state index in [1.807, 2.05) is 18.2 Å². The van der Waals surface area contributed by atoms with Gasteiger partial charge in [-0.15, -0.1) is 0 Å². The van der Waals surface area contributed by atoms with Gasteiger partial charge in [-0.05, 0) is 30.0 Å². The first kappa shape index (κ1) is 14.7. The number of rotatable bonds is 3. The molecule has 122 valence electrons. The number of non-ortho nitro benzene ring substituents is 1. The van der Waals surface area contributed by atoms with Gasteiger partial charge in [-0.2, -0.15) is 0 Å². The third-order valence-corrected chi connectivity index (χ3v) is 4.85. The lowest BCUT2D eigenvalue weighted by Gasteiger charge is -2.37. The summed E-state index contributed by atoms with van der Waals surface area (Å²) in [5.74, 6) is 0.917. The van der Waals surface area contributed by atoms with Crippen molar-refractivity contribution in [3.8, 4) is 5.75 Å². The van der Waals surface area contributed by atoms with Crippen molar-refractivity contribution >= 4 is 11.4 Å². The fourth-order valence-corrected chi connectivity index (χ4v) is 3.77. The lowest BCUT2D eigenvalue weighted by atomic mass is 9.78. The second kappa shape index (κ2) is 5.63. The normalized spacial score (nSPS) is 24.0. The van der Waals surface area contributed by atoms with Crippen molar-refractivity contribution in [2.24, 2.45) is 5.92 Å². The minimum absolute atomic E-state index is 0.0501. The molecule has 0 radical (unpaired) electrons. The van der Waals surface area contributed by atoms with E-state index in [1.165, 1.54) is 13.2 Å². The molecule has 1 N–H and O–H groups in total. The second-order valence-corrected chi connectivity index (χ2v) is 6.10. The average Bonchev–Trinajstić information content (AvgIpc) is 3.10. The molecular weight excluding hydrogens is 306 g/mol. The van der Waals surface area contributed by atoms with Gasteiger partial charge in [0, 0.05) is 18.2 Å². The first-order valence-electron chi connectivity index (χ1n) is 7.89. The molecule has 6 heteroatoms. The molecule has 2 heterocycles. The Morgan fingerprint density at radius 2 is 2.25 bits per heavy atom. The molecule has 2 aromatic rings. The predicted molar refractivity (Wildman–Crippen MR) is 90.2 cm³/mol. The SMILES string of the molecule is COc1cc([N+](=O)[O-])cc2c1N[C@@H](c1ccccn1)[C@@H]1CC=C[C@H]21. The minimum atomic E-state index is -0.374. The van der Waals surface area contributed by atoms with Crippen LogP contribution in [-0.2, 0) is 0 Å². The maximum Gasteiger partial charge on any atom is 0.273 e. The van der Waals surface area contributed by atoms with Crippen LogP contribution in [0.4, 0.5) is 11.4 Å². The molecule has 0 fully saturated rings. The molecule has 0 bridgehead atoms. The Morgan fingerprint density at radius 1 is 1.38 bits per heavy atom. The van der Waals surface area contributed by atoms with Gasteiger partial charge in [0.05, 0.1) is 35.5 Å². The highest BCUT2D eigenvalue weighted by Crippen LogP contribution is 2.52. The van der Waals surface area contributed by atoms with Gasteiger partial charge in [0.25, 0.3) is 5.69 Å². The summed E-state index contributed by atoms with van der Waals surface area (Å²) in [6.07, 6.45) is 7.00. The summed E-state index contributed by atoms with van der Waals surface area (Å²) in [5.41, 5.74) is 2.78. The zero-order valence-electron chi connectivity index (χ0n) is 13.2. The molecule has 0 saturated carbocycles. The Hall–Kier alpha value is -2.89. The van der Waals surface area contributed by atoms with Gasteiger partial charge in [0.2, 0.25) is 0 Å². The Morgan fingerprint density at radius 3 is 2.96 bits per heavy atom. The van der Waals surface area contributed by atoms with Crippen LogP contribution in [0.5, 0.6) is 5.75 Å². The Bertz CT molecular complexity index is 820. The topological polar surface area (TPSA) is 77.3 Å². The second-order valence-electron chi connectivity index (χ2n) is 6.10. The molecular formula is C18H17N3O3. The number of nitrogens with zero attached hydrogens (tertiary/aromatic N) is 2. The molecule has 2 aliphatic rings. The van der Waals surface area contributed by atoms with Crippen LogP contribution in [0.3, 0.4) is 0 Å². The third-order valence-electron chi connectivity index (χ3n) is 4.85. The van der Waals surface area contributed by atoms with Gasteiger partial charge in [-0.1, -0.05) is 18.2 Å². The van der Waals surface area contributed by atoms with Crippen molar-refractivity contribution in [2.45, 2.75) is 18.4 Å². The first-order chi connectivity index (χ1) is 11.7. The number of fused-ring (bicyclic) bond motifs is 3. The van der Waals surface area contributed by atoms with E-state index in [4.69, 9.17) is 4.74 Å². The van der Waals surface area contributed by atoms with Gasteiger partial charge in [0.1, 0.15) is 5.75 Å². The molecule has 1 aromatic heterocycles. The predicted octanol–water partition coefficient (Wildman–Crippen LogP) is 3.82. The van der Waals surface area contributed by atoms with Crippen LogP contribution in [0, 0.1) is 16.0 Å². The average molecular weight is 323 g/mol. The zero-order valence-corrected chi connectivity index (χ0v) is 13.2. The fraction of sp³-hybridized carbons (Fsp3) is 0.278. The molecule has 1 aliphatic carbocycles. The number of aromatic nitrogens is 1. The van der Waals surface area contributed by atoms with Gasteiger partial charge in [0.15, 0.2) is 0 Å². The minimum Gasteiger partial charge on any atom is -0.494 e. The van der Waals surface area contributed by atoms with Gasteiger partial charge >= 0.3 is 0 Å². The highest BCUT2D eigenvalue weighted by molar-refractivity contribution is 5.70. The summed E-state index contributed by atoms with van der Waals surface area (Å²) in [6.45, 7) is 0. The van der Waals surface area contributed by atoms with E-state index in [2.05, 4.69) is 22.5 Å². The van der Waals surface area contributed by atoms with Gasteiger partial charge < -0.3 is 10.1 Å². The Kier molecular flexibility index (Phi) is 3.45. The van der Waals surface area contributed by atoms with Crippen LogP contribution in [-0.4, -0.2) is 17.0 Å². The van der Waals surface area contributed by atoms with E-state index in [0.717, 1.165) is 23.4 Å². The molecule has 0 saturated heterocycles. The molecule has 0 spiro atoms. The number of benzene rings is 1. The Balaban J connectivity index is 1.86. The Labute approximate surface area is 139 Å². The molecule has 0 amide bonds. The van der Waals surface area contributed by atoms with Crippen LogP contribution in [0.25, 0.3) is 0 Å². The van der Waals surface area contributed by atoms with Crippen molar-refractivity contribution in [1.82, 2.24) is 4.98 Å². The molecule has 4 rings (SSSR count).